The summed E-state index contributed by atoms with van der Waals surface area (Å²) in [4.78, 5) is 27.3. The van der Waals surface area contributed by atoms with Gasteiger partial charge in [0.1, 0.15) is 6.54 Å². The van der Waals surface area contributed by atoms with Gasteiger partial charge in [-0.3, -0.25) is 9.59 Å². The highest BCUT2D eigenvalue weighted by molar-refractivity contribution is 7.13. The van der Waals surface area contributed by atoms with Crippen molar-refractivity contribution in [3.8, 4) is 0 Å². The molecule has 0 spiro atoms. The lowest BCUT2D eigenvalue weighted by molar-refractivity contribution is -0.138. The second kappa shape index (κ2) is 7.08. The van der Waals surface area contributed by atoms with Crippen molar-refractivity contribution in [2.45, 2.75) is 38.3 Å². The smallest absolute Gasteiger partial charge is 0.347 e. The lowest BCUT2D eigenvalue weighted by atomic mass is 10.1. The number of aromatic nitrogens is 1. The summed E-state index contributed by atoms with van der Waals surface area (Å²) in [7, 11) is 0. The average molecular weight is 335 g/mol. The second-order valence-electron chi connectivity index (χ2n) is 5.18. The van der Waals surface area contributed by atoms with Gasteiger partial charge in [0.2, 0.25) is 11.8 Å². The predicted molar refractivity (Wildman–Crippen MR) is 75.5 cm³/mol. The van der Waals surface area contributed by atoms with Gasteiger partial charge in [0.15, 0.2) is 5.13 Å². The molecule has 9 heteroatoms. The largest absolute Gasteiger partial charge is 0.405 e. The van der Waals surface area contributed by atoms with Gasteiger partial charge in [-0.1, -0.05) is 12.8 Å². The third-order valence-corrected chi connectivity index (χ3v) is 4.14. The van der Waals surface area contributed by atoms with Gasteiger partial charge in [-0.05, 0) is 12.8 Å². The molecule has 1 aromatic rings. The van der Waals surface area contributed by atoms with Crippen LogP contribution in [0.5, 0.6) is 0 Å². The molecule has 0 aliphatic heterocycles. The van der Waals surface area contributed by atoms with Crippen LogP contribution in [0.25, 0.3) is 0 Å². The van der Waals surface area contributed by atoms with E-state index in [1.807, 2.05) is 0 Å². The van der Waals surface area contributed by atoms with Crippen LogP contribution in [0, 0.1) is 5.92 Å². The van der Waals surface area contributed by atoms with Crippen molar-refractivity contribution in [2.24, 2.45) is 5.92 Å². The molecule has 0 atom stereocenters. The predicted octanol–water partition coefficient (Wildman–Crippen LogP) is 2.49. The van der Waals surface area contributed by atoms with Gasteiger partial charge < -0.3 is 10.6 Å². The Morgan fingerprint density at radius 1 is 1.32 bits per heavy atom. The van der Waals surface area contributed by atoms with Crippen molar-refractivity contribution in [3.63, 3.8) is 0 Å². The van der Waals surface area contributed by atoms with E-state index >= 15 is 0 Å². The second-order valence-corrected chi connectivity index (χ2v) is 6.04. The van der Waals surface area contributed by atoms with Crippen LogP contribution in [0.1, 0.15) is 31.4 Å². The summed E-state index contributed by atoms with van der Waals surface area (Å²) in [5.41, 5.74) is 0.339. The lowest BCUT2D eigenvalue weighted by Crippen LogP contribution is -2.34. The van der Waals surface area contributed by atoms with Crippen molar-refractivity contribution in [1.82, 2.24) is 10.3 Å². The lowest BCUT2D eigenvalue weighted by Gasteiger charge is -2.08. The van der Waals surface area contributed by atoms with Crippen LogP contribution < -0.4 is 10.6 Å². The number of amides is 2. The number of hydrogen-bond donors (Lipinski definition) is 2. The average Bonchev–Trinajstić information content (AvgIpc) is 3.07. The van der Waals surface area contributed by atoms with E-state index in [1.165, 1.54) is 0 Å². The third kappa shape index (κ3) is 5.28. The maximum Gasteiger partial charge on any atom is 0.405 e. The van der Waals surface area contributed by atoms with Crippen LogP contribution in [0.15, 0.2) is 5.38 Å². The molecule has 2 rings (SSSR count). The number of halogens is 3. The highest BCUT2D eigenvalue weighted by atomic mass is 32.1. The molecule has 1 aliphatic rings. The zero-order valence-corrected chi connectivity index (χ0v) is 12.5. The standard InChI is InChI=1S/C13H16F3N3O2S/c14-13(15,16)7-17-10(20)5-9-6-22-12(18-9)19-11(21)8-3-1-2-4-8/h6,8H,1-5,7H2,(H,17,20)(H,18,19,21). The Morgan fingerprint density at radius 2 is 2.00 bits per heavy atom. The van der Waals surface area contributed by atoms with Gasteiger partial charge in [0.05, 0.1) is 12.1 Å². The van der Waals surface area contributed by atoms with Crippen molar-refractivity contribution in [2.75, 3.05) is 11.9 Å². The van der Waals surface area contributed by atoms with Crippen LogP contribution in [-0.4, -0.2) is 29.5 Å². The van der Waals surface area contributed by atoms with Crippen LogP contribution in [0.4, 0.5) is 18.3 Å². The molecule has 2 N–H and O–H groups in total. The quantitative estimate of drug-likeness (QED) is 0.868. The molecule has 0 aromatic carbocycles. The topological polar surface area (TPSA) is 71.1 Å². The number of nitrogens with one attached hydrogen (secondary N) is 2. The molecule has 1 aliphatic carbocycles. The highest BCUT2D eigenvalue weighted by Crippen LogP contribution is 2.26. The third-order valence-electron chi connectivity index (χ3n) is 3.34. The summed E-state index contributed by atoms with van der Waals surface area (Å²) in [6.07, 6.45) is -0.862. The van der Waals surface area contributed by atoms with E-state index in [9.17, 15) is 22.8 Å². The first kappa shape index (κ1) is 16.7. The highest BCUT2D eigenvalue weighted by Gasteiger charge is 2.28. The Morgan fingerprint density at radius 3 is 2.64 bits per heavy atom. The molecule has 5 nitrogen and oxygen atoms in total. The first-order valence-electron chi connectivity index (χ1n) is 6.92. The van der Waals surface area contributed by atoms with Crippen LogP contribution in [0.3, 0.4) is 0 Å². The molecular weight excluding hydrogens is 319 g/mol. The fraction of sp³-hybridized carbons (Fsp3) is 0.615. The van der Waals surface area contributed by atoms with E-state index in [4.69, 9.17) is 0 Å². The zero-order chi connectivity index (χ0) is 16.2. The number of carbonyl (C=O) groups excluding carboxylic acids is 2. The Balaban J connectivity index is 1.80. The van der Waals surface area contributed by atoms with Gasteiger partial charge in [-0.25, -0.2) is 4.98 Å². The molecule has 122 valence electrons. The molecule has 1 aromatic heterocycles. The Kier molecular flexibility index (Phi) is 5.38. The number of anilines is 1. The van der Waals surface area contributed by atoms with Crippen molar-refractivity contribution in [3.05, 3.63) is 11.1 Å². The summed E-state index contributed by atoms with van der Waals surface area (Å²) in [5.74, 6) is -0.835. The normalized spacial score (nSPS) is 15.8. The molecule has 1 heterocycles. The monoisotopic (exact) mass is 335 g/mol. The number of hydrogen-bond acceptors (Lipinski definition) is 4. The number of rotatable bonds is 5. The SMILES string of the molecule is O=C(Cc1csc(NC(=O)C2CCCC2)n1)NCC(F)(F)F. The molecule has 0 bridgehead atoms. The molecule has 22 heavy (non-hydrogen) atoms. The van der Waals surface area contributed by atoms with Crippen molar-refractivity contribution >= 4 is 28.3 Å². The molecule has 2 amide bonds. The van der Waals surface area contributed by atoms with Gasteiger partial charge >= 0.3 is 6.18 Å². The fourth-order valence-corrected chi connectivity index (χ4v) is 2.98. The Bertz CT molecular complexity index is 539. The summed E-state index contributed by atoms with van der Waals surface area (Å²) in [6.45, 7) is -1.36. The van der Waals surface area contributed by atoms with E-state index in [2.05, 4.69) is 10.3 Å². The summed E-state index contributed by atoms with van der Waals surface area (Å²) < 4.78 is 35.9. The molecule has 1 fully saturated rings. The van der Waals surface area contributed by atoms with E-state index in [0.717, 1.165) is 37.0 Å². The number of thiazole rings is 1. The minimum atomic E-state index is -4.43. The van der Waals surface area contributed by atoms with Gasteiger partial charge in [0.25, 0.3) is 0 Å². The maximum atomic E-state index is 12.0. The minimum absolute atomic E-state index is 0.00225. The van der Waals surface area contributed by atoms with E-state index in [0.29, 0.717) is 10.8 Å². The fourth-order valence-electron chi connectivity index (χ4n) is 2.27. The molecule has 0 unspecified atom stereocenters. The van der Waals surface area contributed by atoms with E-state index in [-0.39, 0.29) is 18.2 Å². The van der Waals surface area contributed by atoms with Crippen molar-refractivity contribution < 1.29 is 22.8 Å². The first-order valence-corrected chi connectivity index (χ1v) is 7.80. The molecule has 0 saturated heterocycles. The Hall–Kier alpha value is -1.64. The molecular formula is C13H16F3N3O2S. The van der Waals surface area contributed by atoms with E-state index < -0.39 is 18.6 Å². The summed E-state index contributed by atoms with van der Waals surface area (Å²) in [6, 6.07) is 0. The maximum absolute atomic E-state index is 12.0. The molecule has 0 radical (unpaired) electrons. The van der Waals surface area contributed by atoms with Crippen LogP contribution in [0.2, 0.25) is 0 Å². The van der Waals surface area contributed by atoms with E-state index in [1.54, 1.807) is 10.7 Å². The van der Waals surface area contributed by atoms with Crippen molar-refractivity contribution in [1.29, 1.82) is 0 Å². The van der Waals surface area contributed by atoms with Gasteiger partial charge in [0, 0.05) is 11.3 Å². The summed E-state index contributed by atoms with van der Waals surface area (Å²) >= 11 is 1.16. The minimum Gasteiger partial charge on any atom is -0.347 e. The Labute approximate surface area is 129 Å². The van der Waals surface area contributed by atoms with Gasteiger partial charge in [-0.2, -0.15) is 13.2 Å². The number of nitrogens with zero attached hydrogens (tertiary/aromatic N) is 1. The van der Waals surface area contributed by atoms with Crippen LogP contribution in [-0.2, 0) is 16.0 Å². The zero-order valence-electron chi connectivity index (χ0n) is 11.7. The number of carbonyl (C=O) groups is 2. The first-order chi connectivity index (χ1) is 10.3. The van der Waals surface area contributed by atoms with Gasteiger partial charge in [-0.15, -0.1) is 11.3 Å². The van der Waals surface area contributed by atoms with Crippen LogP contribution >= 0.6 is 11.3 Å². The number of alkyl halides is 3. The molecule has 1 saturated carbocycles. The summed E-state index contributed by atoms with van der Waals surface area (Å²) in [5, 5.41) is 6.39.